The molecule has 1 aliphatic rings. The molecule has 0 N–H and O–H groups in total. The normalized spacial score (nSPS) is 14.7. The Bertz CT molecular complexity index is 1130. The Morgan fingerprint density at radius 3 is 2.67 bits per heavy atom. The molecule has 156 valence electrons. The number of rotatable bonds is 6. The van der Waals surface area contributed by atoms with Gasteiger partial charge in [0, 0.05) is 22.9 Å². The summed E-state index contributed by atoms with van der Waals surface area (Å²) in [6.07, 6.45) is 5.53. The molecule has 5 nitrogen and oxygen atoms in total. The summed E-state index contributed by atoms with van der Waals surface area (Å²) >= 11 is 1.53. The van der Waals surface area contributed by atoms with Gasteiger partial charge in [-0.2, -0.15) is 0 Å². The lowest BCUT2D eigenvalue weighted by molar-refractivity contribution is 0.101. The fraction of sp³-hybridized carbons (Fsp3) is 0.375. The van der Waals surface area contributed by atoms with Gasteiger partial charge in [-0.3, -0.25) is 14.2 Å². The molecule has 1 aromatic heterocycles. The van der Waals surface area contributed by atoms with Crippen LogP contribution in [0, 0.1) is 0 Å². The van der Waals surface area contributed by atoms with E-state index in [1.54, 1.807) is 20.1 Å². The van der Waals surface area contributed by atoms with Gasteiger partial charge in [0.25, 0.3) is 5.56 Å². The van der Waals surface area contributed by atoms with Crippen molar-refractivity contribution in [2.45, 2.75) is 56.0 Å². The van der Waals surface area contributed by atoms with Gasteiger partial charge < -0.3 is 4.74 Å². The number of hydrogen-bond donors (Lipinski definition) is 0. The van der Waals surface area contributed by atoms with Gasteiger partial charge in [0.05, 0.1) is 18.0 Å². The van der Waals surface area contributed by atoms with Crippen molar-refractivity contribution in [3.05, 3.63) is 63.9 Å². The van der Waals surface area contributed by atoms with Crippen molar-refractivity contribution in [1.82, 2.24) is 9.55 Å². The molecule has 6 heteroatoms. The fourth-order valence-electron chi connectivity index (χ4n) is 4.14. The highest BCUT2D eigenvalue weighted by Crippen LogP contribution is 2.33. The average Bonchev–Trinajstić information content (AvgIpc) is 2.78. The highest BCUT2D eigenvalue weighted by molar-refractivity contribution is 7.98. The van der Waals surface area contributed by atoms with E-state index in [1.807, 2.05) is 41.0 Å². The zero-order valence-corrected chi connectivity index (χ0v) is 18.2. The average molecular weight is 423 g/mol. The van der Waals surface area contributed by atoms with Crippen molar-refractivity contribution < 1.29 is 9.53 Å². The Morgan fingerprint density at radius 1 is 1.17 bits per heavy atom. The lowest BCUT2D eigenvalue weighted by Crippen LogP contribution is -2.29. The number of thioether (sulfide) groups is 1. The largest absolute Gasteiger partial charge is 0.496 e. The maximum atomic E-state index is 13.4. The number of hydrogen-bond acceptors (Lipinski definition) is 5. The molecular weight excluding hydrogens is 396 g/mol. The van der Waals surface area contributed by atoms with E-state index < -0.39 is 0 Å². The predicted octanol–water partition coefficient (Wildman–Crippen LogP) is 5.41. The Hall–Kier alpha value is -2.60. The molecule has 1 saturated carbocycles. The van der Waals surface area contributed by atoms with Crippen molar-refractivity contribution in [2.24, 2.45) is 0 Å². The molecule has 0 saturated heterocycles. The summed E-state index contributed by atoms with van der Waals surface area (Å²) in [6, 6.07) is 13.2. The van der Waals surface area contributed by atoms with Crippen molar-refractivity contribution in [1.29, 1.82) is 0 Å². The van der Waals surface area contributed by atoms with Crippen LogP contribution in [0.3, 0.4) is 0 Å². The number of Topliss-reactive ketones (excluding diaryl/α,β-unsaturated/α-hetero) is 1. The summed E-state index contributed by atoms with van der Waals surface area (Å²) in [5.74, 6) is 1.33. The van der Waals surface area contributed by atoms with Crippen LogP contribution in [-0.4, -0.2) is 22.4 Å². The molecule has 1 heterocycles. The van der Waals surface area contributed by atoms with Gasteiger partial charge in [0.1, 0.15) is 5.75 Å². The van der Waals surface area contributed by atoms with Gasteiger partial charge in [-0.05, 0) is 50.1 Å². The van der Waals surface area contributed by atoms with Crippen LogP contribution in [0.4, 0.5) is 0 Å². The standard InChI is InChI=1S/C24H26N2O3S/c1-16(27)17-12-13-22(29-2)18(14-17)15-30-24-25-21-11-7-6-10-20(21)23(28)26(24)19-8-4-3-5-9-19/h6-7,10-14,19H,3-5,8-9,15H2,1-2H3. The second-order valence-corrected chi connectivity index (χ2v) is 8.69. The number of methoxy groups -OCH3 is 1. The third-order valence-corrected chi connectivity index (χ3v) is 6.76. The molecule has 1 aliphatic carbocycles. The van der Waals surface area contributed by atoms with Gasteiger partial charge in [0.15, 0.2) is 10.9 Å². The lowest BCUT2D eigenvalue weighted by Gasteiger charge is -2.26. The topological polar surface area (TPSA) is 61.2 Å². The first-order valence-electron chi connectivity index (χ1n) is 10.4. The number of ketones is 1. The van der Waals surface area contributed by atoms with Crippen molar-refractivity contribution in [3.8, 4) is 5.75 Å². The summed E-state index contributed by atoms with van der Waals surface area (Å²) < 4.78 is 7.41. The van der Waals surface area contributed by atoms with E-state index in [0.29, 0.717) is 16.7 Å². The van der Waals surface area contributed by atoms with E-state index in [1.165, 1.54) is 18.2 Å². The zero-order valence-electron chi connectivity index (χ0n) is 17.4. The Balaban J connectivity index is 1.74. The van der Waals surface area contributed by atoms with E-state index in [4.69, 9.17) is 9.72 Å². The maximum Gasteiger partial charge on any atom is 0.262 e. The van der Waals surface area contributed by atoms with E-state index in [-0.39, 0.29) is 17.4 Å². The molecule has 0 bridgehead atoms. The van der Waals surface area contributed by atoms with Gasteiger partial charge in [-0.25, -0.2) is 4.98 Å². The van der Waals surface area contributed by atoms with Crippen LogP contribution in [0.25, 0.3) is 10.9 Å². The molecule has 1 fully saturated rings. The van der Waals surface area contributed by atoms with Crippen LogP contribution in [0.2, 0.25) is 0 Å². The quantitative estimate of drug-likeness (QED) is 0.302. The number of aromatic nitrogens is 2. The molecule has 0 atom stereocenters. The number of ether oxygens (including phenoxy) is 1. The highest BCUT2D eigenvalue weighted by Gasteiger charge is 2.22. The second-order valence-electron chi connectivity index (χ2n) is 7.75. The molecule has 0 aliphatic heterocycles. The lowest BCUT2D eigenvalue weighted by atomic mass is 9.95. The summed E-state index contributed by atoms with van der Waals surface area (Å²) in [4.78, 5) is 30.0. The number of carbonyl (C=O) groups excluding carboxylic acids is 1. The number of nitrogens with zero attached hydrogens (tertiary/aromatic N) is 2. The number of carbonyl (C=O) groups is 1. The smallest absolute Gasteiger partial charge is 0.262 e. The molecular formula is C24H26N2O3S. The fourth-order valence-corrected chi connectivity index (χ4v) is 5.19. The molecule has 0 amide bonds. The van der Waals surface area contributed by atoms with Gasteiger partial charge in [-0.1, -0.05) is 43.2 Å². The van der Waals surface area contributed by atoms with Crippen molar-refractivity contribution in [2.75, 3.05) is 7.11 Å². The molecule has 2 aromatic carbocycles. The Labute approximate surface area is 180 Å². The first kappa shape index (κ1) is 20.7. The highest BCUT2D eigenvalue weighted by atomic mass is 32.2. The predicted molar refractivity (Wildman–Crippen MR) is 121 cm³/mol. The SMILES string of the molecule is COc1ccc(C(C)=O)cc1CSc1nc2ccccc2c(=O)n1C1CCCCC1. The monoisotopic (exact) mass is 422 g/mol. The van der Waals surface area contributed by atoms with Crippen LogP contribution in [0.5, 0.6) is 5.75 Å². The molecule has 0 spiro atoms. The molecule has 0 radical (unpaired) electrons. The van der Waals surface area contributed by atoms with E-state index >= 15 is 0 Å². The van der Waals surface area contributed by atoms with Gasteiger partial charge >= 0.3 is 0 Å². The first-order valence-corrected chi connectivity index (χ1v) is 11.4. The molecule has 0 unspecified atom stereocenters. The van der Waals surface area contributed by atoms with E-state index in [9.17, 15) is 9.59 Å². The summed E-state index contributed by atoms with van der Waals surface area (Å²) in [5, 5.41) is 1.41. The Kier molecular flexibility index (Phi) is 6.23. The number of fused-ring (bicyclic) bond motifs is 1. The van der Waals surface area contributed by atoms with Crippen molar-refractivity contribution in [3.63, 3.8) is 0 Å². The molecule has 30 heavy (non-hydrogen) atoms. The minimum Gasteiger partial charge on any atom is -0.496 e. The third kappa shape index (κ3) is 4.15. The third-order valence-electron chi connectivity index (χ3n) is 5.76. The first-order chi connectivity index (χ1) is 14.6. The van der Waals surface area contributed by atoms with E-state index in [2.05, 4.69) is 0 Å². The van der Waals surface area contributed by atoms with Crippen LogP contribution < -0.4 is 10.3 Å². The maximum absolute atomic E-state index is 13.4. The summed E-state index contributed by atoms with van der Waals surface area (Å²) in [7, 11) is 1.63. The second kappa shape index (κ2) is 9.04. The minimum absolute atomic E-state index is 0.0202. The molecule has 3 aromatic rings. The van der Waals surface area contributed by atoms with Crippen LogP contribution >= 0.6 is 11.8 Å². The van der Waals surface area contributed by atoms with E-state index in [0.717, 1.165) is 47.7 Å². The zero-order chi connectivity index (χ0) is 21.1. The van der Waals surface area contributed by atoms with Crippen LogP contribution in [-0.2, 0) is 5.75 Å². The minimum atomic E-state index is 0.0202. The van der Waals surface area contributed by atoms with Gasteiger partial charge in [0.2, 0.25) is 0 Å². The van der Waals surface area contributed by atoms with Crippen LogP contribution in [0.1, 0.15) is 61.0 Å². The van der Waals surface area contributed by atoms with Crippen LogP contribution in [0.15, 0.2) is 52.4 Å². The summed E-state index contributed by atoms with van der Waals surface area (Å²) in [6.45, 7) is 1.56. The summed E-state index contributed by atoms with van der Waals surface area (Å²) in [5.41, 5.74) is 2.34. The Morgan fingerprint density at radius 2 is 1.93 bits per heavy atom. The van der Waals surface area contributed by atoms with Gasteiger partial charge in [-0.15, -0.1) is 0 Å². The number of benzene rings is 2. The van der Waals surface area contributed by atoms with Crippen molar-refractivity contribution >= 4 is 28.4 Å². The molecule has 4 rings (SSSR count). The number of para-hydroxylation sites is 1.